The fourth-order valence-corrected chi connectivity index (χ4v) is 9.03. The summed E-state index contributed by atoms with van der Waals surface area (Å²) in [6.45, 7) is 6.51. The van der Waals surface area contributed by atoms with Crippen LogP contribution in [0.5, 0.6) is 11.5 Å². The molecule has 2 heterocycles. The molecule has 2 aromatic carbocycles. The molecule has 3 fully saturated rings. The number of ether oxygens (including phenoxy) is 1. The van der Waals surface area contributed by atoms with Crippen LogP contribution in [0.1, 0.15) is 81.4 Å². The van der Waals surface area contributed by atoms with Crippen LogP contribution in [-0.2, 0) is 18.3 Å². The van der Waals surface area contributed by atoms with Crippen molar-refractivity contribution in [3.63, 3.8) is 0 Å². The second-order valence-electron chi connectivity index (χ2n) is 13.2. The van der Waals surface area contributed by atoms with E-state index in [0.717, 1.165) is 63.3 Å². The highest BCUT2D eigenvalue weighted by atomic mass is 16.5. The third kappa shape index (κ3) is 4.14. The molecule has 5 aliphatic rings. The second kappa shape index (κ2) is 10.1. The summed E-state index contributed by atoms with van der Waals surface area (Å²) in [6, 6.07) is 15.2. The van der Waals surface area contributed by atoms with Gasteiger partial charge >= 0.3 is 0 Å². The minimum absolute atomic E-state index is 0.0952. The summed E-state index contributed by atoms with van der Waals surface area (Å²) in [5, 5.41) is 23.7. The van der Waals surface area contributed by atoms with E-state index in [4.69, 9.17) is 4.74 Å². The van der Waals surface area contributed by atoms with Crippen molar-refractivity contribution in [2.75, 3.05) is 26.2 Å². The number of aliphatic hydroxyl groups is 1. The maximum atomic E-state index is 12.7. The first-order valence-corrected chi connectivity index (χ1v) is 15.8. The molecule has 39 heavy (non-hydrogen) atoms. The minimum Gasteiger partial charge on any atom is -0.504 e. The number of benzene rings is 2. The number of aryl methyl sites for hydroxylation is 1. The Hall–Kier alpha value is -2.08. The Morgan fingerprint density at radius 1 is 1.00 bits per heavy atom. The number of unbranched alkanes of at least 4 members (excludes halogenated alkanes) is 3. The van der Waals surface area contributed by atoms with Gasteiger partial charge in [0.05, 0.1) is 11.0 Å². The van der Waals surface area contributed by atoms with E-state index in [1.54, 1.807) is 0 Å². The van der Waals surface area contributed by atoms with Crippen molar-refractivity contribution < 1.29 is 14.9 Å². The molecule has 1 spiro atoms. The Morgan fingerprint density at radius 3 is 2.62 bits per heavy atom. The number of piperidine rings is 1. The highest BCUT2D eigenvalue weighted by molar-refractivity contribution is 5.62. The lowest BCUT2D eigenvalue weighted by molar-refractivity contribution is -0.200. The summed E-state index contributed by atoms with van der Waals surface area (Å²) >= 11 is 0. The van der Waals surface area contributed by atoms with Crippen LogP contribution in [0.3, 0.4) is 0 Å². The van der Waals surface area contributed by atoms with Crippen LogP contribution in [0.15, 0.2) is 42.5 Å². The zero-order valence-electron chi connectivity index (χ0n) is 23.7. The maximum absolute atomic E-state index is 12.7. The van der Waals surface area contributed by atoms with Gasteiger partial charge in [-0.1, -0.05) is 56.2 Å². The van der Waals surface area contributed by atoms with Crippen molar-refractivity contribution in [1.82, 2.24) is 9.80 Å². The third-order valence-corrected chi connectivity index (χ3v) is 11.1. The number of phenolic OH excluding ortho intramolecular Hbond substituents is 1. The largest absolute Gasteiger partial charge is 0.504 e. The number of hydrogen-bond acceptors (Lipinski definition) is 5. The lowest BCUT2D eigenvalue weighted by Gasteiger charge is -2.65. The summed E-state index contributed by atoms with van der Waals surface area (Å²) in [5.74, 6) is 1.74. The van der Waals surface area contributed by atoms with Crippen LogP contribution in [-0.4, -0.2) is 70.0 Å². The SMILES string of the molecule is CCN(CCCCCCc1ccccc1)C1CC[C@@]2(O)[C@H]3Cc4ccc(O)c5c4[C@@]2(CCN3CC2CC2)C1O5. The Balaban J connectivity index is 1.09. The van der Waals surface area contributed by atoms with E-state index < -0.39 is 11.0 Å². The first-order chi connectivity index (χ1) is 19.0. The van der Waals surface area contributed by atoms with E-state index in [9.17, 15) is 10.2 Å². The topological polar surface area (TPSA) is 56.2 Å². The Labute approximate surface area is 234 Å². The molecule has 2 aliphatic heterocycles. The van der Waals surface area contributed by atoms with Gasteiger partial charge in [-0.15, -0.1) is 0 Å². The number of nitrogens with zero attached hydrogens (tertiary/aromatic N) is 2. The second-order valence-corrected chi connectivity index (χ2v) is 13.2. The molecule has 5 atom stereocenters. The quantitative estimate of drug-likeness (QED) is 0.379. The fraction of sp³-hybridized carbons (Fsp3) is 0.647. The molecule has 2 saturated carbocycles. The molecule has 1 saturated heterocycles. The van der Waals surface area contributed by atoms with Gasteiger partial charge in [-0.25, -0.2) is 0 Å². The molecule has 2 N–H and O–H groups in total. The van der Waals surface area contributed by atoms with Crippen molar-refractivity contribution >= 4 is 0 Å². The highest BCUT2D eigenvalue weighted by Crippen LogP contribution is 2.66. The zero-order valence-corrected chi connectivity index (χ0v) is 23.7. The van der Waals surface area contributed by atoms with E-state index in [1.165, 1.54) is 56.1 Å². The Bertz CT molecular complexity index is 1180. The first-order valence-electron chi connectivity index (χ1n) is 15.8. The molecule has 7 rings (SSSR count). The molecule has 5 nitrogen and oxygen atoms in total. The van der Waals surface area contributed by atoms with Gasteiger partial charge in [0.25, 0.3) is 0 Å². The lowest BCUT2D eigenvalue weighted by atomic mass is 9.48. The van der Waals surface area contributed by atoms with E-state index in [1.807, 2.05) is 6.07 Å². The molecule has 0 aromatic heterocycles. The van der Waals surface area contributed by atoms with Gasteiger partial charge in [0.2, 0.25) is 0 Å². The lowest BCUT2D eigenvalue weighted by Crippen LogP contribution is -2.78. The van der Waals surface area contributed by atoms with Gasteiger partial charge in [0.15, 0.2) is 11.5 Å². The van der Waals surface area contributed by atoms with Gasteiger partial charge in [0.1, 0.15) is 6.10 Å². The van der Waals surface area contributed by atoms with Crippen LogP contribution in [0.25, 0.3) is 0 Å². The summed E-state index contributed by atoms with van der Waals surface area (Å²) in [7, 11) is 0. The molecule has 5 heteroatoms. The fourth-order valence-electron chi connectivity index (χ4n) is 9.03. The summed E-state index contributed by atoms with van der Waals surface area (Å²) < 4.78 is 6.82. The number of hydrogen-bond donors (Lipinski definition) is 2. The predicted molar refractivity (Wildman–Crippen MR) is 154 cm³/mol. The van der Waals surface area contributed by atoms with Gasteiger partial charge in [-0.2, -0.15) is 0 Å². The standard InChI is InChI=1S/C34H46N2O3/c1-2-35(20-9-4-3-6-10-24-11-7-5-8-12-24)27-17-18-34(38)29-22-26-15-16-28(37)31-30(26)33(34,32(27)39-31)19-21-36(29)23-25-13-14-25/h5,7-8,11-12,15-16,25,27,29,32,37-38H,2-4,6,9-10,13-14,17-23H2,1H3/t27?,29-,32?,33+,34-/m1/s1. The molecule has 2 bridgehead atoms. The summed E-state index contributed by atoms with van der Waals surface area (Å²) in [5.41, 5.74) is 2.69. The molecule has 0 amide bonds. The van der Waals surface area contributed by atoms with Crippen molar-refractivity contribution in [2.24, 2.45) is 5.92 Å². The number of aromatic hydroxyl groups is 1. The molecule has 3 aliphatic carbocycles. The Morgan fingerprint density at radius 2 is 1.82 bits per heavy atom. The van der Waals surface area contributed by atoms with Crippen molar-refractivity contribution in [3.05, 3.63) is 59.2 Å². The van der Waals surface area contributed by atoms with Gasteiger partial charge < -0.3 is 14.9 Å². The van der Waals surface area contributed by atoms with Crippen LogP contribution >= 0.6 is 0 Å². The molecule has 210 valence electrons. The number of rotatable bonds is 11. The smallest absolute Gasteiger partial charge is 0.165 e. The van der Waals surface area contributed by atoms with Gasteiger partial charge in [-0.05, 0) is 101 Å². The number of likely N-dealkylation sites (N-methyl/N-ethyl adjacent to an activating group) is 1. The van der Waals surface area contributed by atoms with E-state index in [0.29, 0.717) is 5.75 Å². The van der Waals surface area contributed by atoms with Crippen LogP contribution in [0.4, 0.5) is 0 Å². The molecule has 0 radical (unpaired) electrons. The van der Waals surface area contributed by atoms with Crippen molar-refractivity contribution in [2.45, 2.75) is 107 Å². The summed E-state index contributed by atoms with van der Waals surface area (Å²) in [6.07, 6.45) is 12.3. The van der Waals surface area contributed by atoms with Gasteiger partial charge in [0, 0.05) is 24.2 Å². The van der Waals surface area contributed by atoms with Crippen molar-refractivity contribution in [3.8, 4) is 11.5 Å². The van der Waals surface area contributed by atoms with E-state index in [2.05, 4.69) is 53.1 Å². The average molecular weight is 531 g/mol. The van der Waals surface area contributed by atoms with Gasteiger partial charge in [-0.3, -0.25) is 9.80 Å². The number of likely N-dealkylation sites (tertiary alicyclic amines) is 1. The molecule has 2 unspecified atom stereocenters. The Kier molecular flexibility index (Phi) is 6.68. The van der Waals surface area contributed by atoms with Crippen LogP contribution < -0.4 is 4.74 Å². The molecule has 2 aromatic rings. The van der Waals surface area contributed by atoms with Crippen LogP contribution in [0.2, 0.25) is 0 Å². The first kappa shape index (κ1) is 25.9. The van der Waals surface area contributed by atoms with Crippen LogP contribution in [0, 0.1) is 5.92 Å². The monoisotopic (exact) mass is 530 g/mol. The maximum Gasteiger partial charge on any atom is 0.165 e. The molecular formula is C34H46N2O3. The zero-order chi connectivity index (χ0) is 26.6. The third-order valence-electron chi connectivity index (χ3n) is 11.1. The predicted octanol–water partition coefficient (Wildman–Crippen LogP) is 5.45. The highest BCUT2D eigenvalue weighted by Gasteiger charge is 2.73. The normalized spacial score (nSPS) is 32.7. The average Bonchev–Trinajstić information content (AvgIpc) is 3.69. The summed E-state index contributed by atoms with van der Waals surface area (Å²) in [4.78, 5) is 5.26. The van der Waals surface area contributed by atoms with E-state index >= 15 is 0 Å². The number of phenols is 1. The van der Waals surface area contributed by atoms with E-state index in [-0.39, 0.29) is 23.9 Å². The minimum atomic E-state index is -0.788. The molecular weight excluding hydrogens is 484 g/mol. The van der Waals surface area contributed by atoms with Crippen molar-refractivity contribution in [1.29, 1.82) is 0 Å².